The lowest BCUT2D eigenvalue weighted by molar-refractivity contribution is -0.137. The molecule has 0 bridgehead atoms. The van der Waals surface area contributed by atoms with Crippen LogP contribution in [0.1, 0.15) is 36.1 Å². The fourth-order valence-corrected chi connectivity index (χ4v) is 4.39. The summed E-state index contributed by atoms with van der Waals surface area (Å²) in [6, 6.07) is 10.6. The summed E-state index contributed by atoms with van der Waals surface area (Å²) in [6.45, 7) is 3.87. The molecule has 0 saturated carbocycles. The smallest absolute Gasteiger partial charge is 0.417 e. The third-order valence-electron chi connectivity index (χ3n) is 6.40. The van der Waals surface area contributed by atoms with Crippen LogP contribution in [0.25, 0.3) is 22.3 Å². The normalized spacial score (nSPS) is 17.0. The number of fused-ring (bicyclic) bond motifs is 1. The molecule has 11 heteroatoms. The maximum Gasteiger partial charge on any atom is 0.417 e. The van der Waals surface area contributed by atoms with Crippen molar-refractivity contribution in [1.82, 2.24) is 24.8 Å². The minimum atomic E-state index is -4.55. The zero-order chi connectivity index (χ0) is 26.2. The fraction of sp³-hybridized carbons (Fsp3) is 0.308. The first-order valence-electron chi connectivity index (χ1n) is 11.7. The van der Waals surface area contributed by atoms with Crippen LogP contribution in [0.3, 0.4) is 0 Å². The minimum absolute atomic E-state index is 0.135. The summed E-state index contributed by atoms with van der Waals surface area (Å²) < 4.78 is 45.8. The molecule has 1 aliphatic rings. The Labute approximate surface area is 211 Å². The number of hydrogen-bond acceptors (Lipinski definition) is 7. The highest BCUT2D eigenvalue weighted by atomic mass is 19.4. The highest BCUT2D eigenvalue weighted by Crippen LogP contribution is 2.35. The van der Waals surface area contributed by atoms with Crippen molar-refractivity contribution in [3.63, 3.8) is 0 Å². The summed E-state index contributed by atoms with van der Waals surface area (Å²) in [7, 11) is 2.08. The Morgan fingerprint density at radius 3 is 2.68 bits per heavy atom. The number of halogens is 3. The number of likely N-dealkylation sites (tertiary alicyclic amines) is 1. The van der Waals surface area contributed by atoms with E-state index < -0.39 is 11.7 Å². The molecule has 2 unspecified atom stereocenters. The number of benzene rings is 1. The van der Waals surface area contributed by atoms with Crippen molar-refractivity contribution in [3.05, 3.63) is 65.6 Å². The second kappa shape index (κ2) is 9.71. The lowest BCUT2D eigenvalue weighted by atomic mass is 10.1. The maximum absolute atomic E-state index is 13.3. The summed E-state index contributed by atoms with van der Waals surface area (Å²) in [6.07, 6.45) is 0.255. The number of nitrogens with zero attached hydrogens (tertiary/aromatic N) is 5. The molecule has 0 spiro atoms. The quantitative estimate of drug-likeness (QED) is 0.371. The average molecular weight is 508 g/mol. The van der Waals surface area contributed by atoms with Crippen LogP contribution in [0.2, 0.25) is 0 Å². The van der Waals surface area contributed by atoms with Crippen LogP contribution in [-0.2, 0) is 6.18 Å². The summed E-state index contributed by atoms with van der Waals surface area (Å²) in [5, 5.41) is 13.0. The Bertz CT molecular complexity index is 1460. The summed E-state index contributed by atoms with van der Waals surface area (Å²) in [5.74, 6) is 1.05. The van der Waals surface area contributed by atoms with E-state index in [-0.39, 0.29) is 40.4 Å². The van der Waals surface area contributed by atoms with E-state index in [9.17, 15) is 18.4 Å². The number of pyridine rings is 1. The number of ether oxygens (including phenoxy) is 1. The fourth-order valence-electron chi connectivity index (χ4n) is 4.39. The van der Waals surface area contributed by atoms with Gasteiger partial charge in [-0.1, -0.05) is 12.1 Å². The van der Waals surface area contributed by atoms with Gasteiger partial charge in [-0.2, -0.15) is 18.4 Å². The van der Waals surface area contributed by atoms with Gasteiger partial charge < -0.3 is 19.9 Å². The molecule has 0 radical (unpaired) electrons. The number of aromatic nitrogens is 4. The highest BCUT2D eigenvalue weighted by Gasteiger charge is 2.32. The average Bonchev–Trinajstić information content (AvgIpc) is 3.49. The molecule has 8 nitrogen and oxygen atoms in total. The number of H-pyrrole nitrogens is 1. The number of anilines is 1. The lowest BCUT2D eigenvalue weighted by Crippen LogP contribution is -2.21. The molecule has 0 amide bonds. The second-order valence-electron chi connectivity index (χ2n) is 9.11. The first-order valence-corrected chi connectivity index (χ1v) is 11.7. The van der Waals surface area contributed by atoms with Gasteiger partial charge in [0.05, 0.1) is 29.1 Å². The molecule has 2 N–H and O–H groups in total. The van der Waals surface area contributed by atoms with Gasteiger partial charge in [-0.05, 0) is 44.2 Å². The van der Waals surface area contributed by atoms with Crippen LogP contribution >= 0.6 is 0 Å². The largest absolute Gasteiger partial charge is 0.489 e. The standard InChI is InChI=1S/C26H24F3N7O/c1-15(16-3-5-19(6-4-16)37-20-7-8-36(2)14-20)34-25-33-11-17(10-30)23(35-25)22-13-32-24-21(22)9-18(12-31-24)26(27,28)29/h3-6,9,11-13,15,20H,7-8,14H2,1-2H3,(H,31,32)(H,33,34,35). The van der Waals surface area contributed by atoms with E-state index in [0.717, 1.165) is 43.1 Å². The van der Waals surface area contributed by atoms with Gasteiger partial charge in [-0.15, -0.1) is 0 Å². The third-order valence-corrected chi connectivity index (χ3v) is 6.40. The first-order chi connectivity index (χ1) is 17.7. The molecular formula is C26H24F3N7O. The predicted molar refractivity (Wildman–Crippen MR) is 132 cm³/mol. The SMILES string of the molecule is CC(Nc1ncc(C#N)c(-c2c[nH]c3ncc(C(F)(F)F)cc23)n1)c1ccc(OC2CCN(C)C2)cc1. The monoisotopic (exact) mass is 507 g/mol. The van der Waals surface area contributed by atoms with Gasteiger partial charge in [-0.25, -0.2) is 15.0 Å². The van der Waals surface area contributed by atoms with Gasteiger partial charge in [-0.3, -0.25) is 0 Å². The molecule has 190 valence electrons. The molecule has 4 aromatic rings. The van der Waals surface area contributed by atoms with Gasteiger partial charge in [0.25, 0.3) is 0 Å². The van der Waals surface area contributed by atoms with Gasteiger partial charge in [0.1, 0.15) is 23.6 Å². The summed E-state index contributed by atoms with van der Waals surface area (Å²) >= 11 is 0. The molecule has 0 aliphatic carbocycles. The number of nitrogens with one attached hydrogen (secondary N) is 2. The van der Waals surface area contributed by atoms with E-state index in [1.165, 1.54) is 12.4 Å². The van der Waals surface area contributed by atoms with Crippen molar-refractivity contribution in [2.75, 3.05) is 25.5 Å². The number of hydrogen-bond donors (Lipinski definition) is 2. The third kappa shape index (κ3) is 5.20. The zero-order valence-corrected chi connectivity index (χ0v) is 20.2. The van der Waals surface area contributed by atoms with E-state index in [0.29, 0.717) is 5.56 Å². The van der Waals surface area contributed by atoms with Crippen LogP contribution < -0.4 is 10.1 Å². The Hall–Kier alpha value is -4.17. The molecule has 1 saturated heterocycles. The molecule has 37 heavy (non-hydrogen) atoms. The molecule has 1 fully saturated rings. The second-order valence-corrected chi connectivity index (χ2v) is 9.11. The topological polar surface area (TPSA) is 103 Å². The van der Waals surface area contributed by atoms with Crippen molar-refractivity contribution in [2.24, 2.45) is 0 Å². The number of nitriles is 1. The maximum atomic E-state index is 13.3. The highest BCUT2D eigenvalue weighted by molar-refractivity contribution is 5.94. The molecular weight excluding hydrogens is 483 g/mol. The first kappa shape index (κ1) is 24.5. The number of rotatable bonds is 6. The zero-order valence-electron chi connectivity index (χ0n) is 20.2. The molecule has 1 aliphatic heterocycles. The van der Waals surface area contributed by atoms with E-state index >= 15 is 0 Å². The summed E-state index contributed by atoms with van der Waals surface area (Å²) in [4.78, 5) is 17.7. The van der Waals surface area contributed by atoms with Gasteiger partial charge in [0, 0.05) is 36.4 Å². The summed E-state index contributed by atoms with van der Waals surface area (Å²) in [5.41, 5.74) is 1.03. The Morgan fingerprint density at radius 1 is 1.22 bits per heavy atom. The van der Waals surface area contributed by atoms with Crippen LogP contribution in [0.4, 0.5) is 19.1 Å². The number of likely N-dealkylation sites (N-methyl/N-ethyl adjacent to an activating group) is 1. The number of alkyl halides is 3. The van der Waals surface area contributed by atoms with Gasteiger partial charge in [0.15, 0.2) is 0 Å². The Morgan fingerprint density at radius 2 is 2.00 bits per heavy atom. The predicted octanol–water partition coefficient (Wildman–Crippen LogP) is 5.17. The van der Waals surface area contributed by atoms with Crippen LogP contribution in [0, 0.1) is 11.3 Å². The Kier molecular flexibility index (Phi) is 6.43. The van der Waals surface area contributed by atoms with Crippen molar-refractivity contribution in [1.29, 1.82) is 5.26 Å². The van der Waals surface area contributed by atoms with Crippen molar-refractivity contribution in [2.45, 2.75) is 31.7 Å². The van der Waals surface area contributed by atoms with Crippen LogP contribution in [0.5, 0.6) is 5.75 Å². The van der Waals surface area contributed by atoms with E-state index in [4.69, 9.17) is 4.74 Å². The van der Waals surface area contributed by atoms with Crippen molar-refractivity contribution in [3.8, 4) is 23.1 Å². The minimum Gasteiger partial charge on any atom is -0.489 e. The molecule has 1 aromatic carbocycles. The van der Waals surface area contributed by atoms with Gasteiger partial charge >= 0.3 is 6.18 Å². The van der Waals surface area contributed by atoms with Gasteiger partial charge in [0.2, 0.25) is 5.95 Å². The van der Waals surface area contributed by atoms with E-state index in [2.05, 4.69) is 37.2 Å². The van der Waals surface area contributed by atoms with E-state index in [1.807, 2.05) is 37.3 Å². The lowest BCUT2D eigenvalue weighted by Gasteiger charge is -2.17. The molecule has 2 atom stereocenters. The number of aromatic amines is 1. The Balaban J connectivity index is 1.38. The molecule has 4 heterocycles. The molecule has 5 rings (SSSR count). The van der Waals surface area contributed by atoms with Crippen LogP contribution in [0.15, 0.2) is 48.9 Å². The van der Waals surface area contributed by atoms with Crippen LogP contribution in [-0.4, -0.2) is 51.1 Å². The van der Waals surface area contributed by atoms with Crippen molar-refractivity contribution < 1.29 is 17.9 Å². The van der Waals surface area contributed by atoms with Crippen molar-refractivity contribution >= 4 is 17.0 Å². The molecule has 3 aromatic heterocycles. The van der Waals surface area contributed by atoms with E-state index in [1.54, 1.807) is 0 Å².